The molecule has 1 aliphatic rings. The van der Waals surface area contributed by atoms with Gasteiger partial charge >= 0.3 is 0 Å². The number of aryl methyl sites for hydroxylation is 1. The van der Waals surface area contributed by atoms with E-state index in [2.05, 4.69) is 62.5 Å². The van der Waals surface area contributed by atoms with Crippen LogP contribution >= 0.6 is 11.3 Å². The predicted molar refractivity (Wildman–Crippen MR) is 116 cm³/mol. The zero-order valence-electron chi connectivity index (χ0n) is 16.7. The summed E-state index contributed by atoms with van der Waals surface area (Å²) in [5.41, 5.74) is 7.49. The van der Waals surface area contributed by atoms with Gasteiger partial charge in [-0.1, -0.05) is 6.07 Å². The highest BCUT2D eigenvalue weighted by Crippen LogP contribution is 2.28. The minimum atomic E-state index is 0.280. The molecule has 0 saturated carbocycles. The Labute approximate surface area is 174 Å². The van der Waals surface area contributed by atoms with Crippen molar-refractivity contribution >= 4 is 17.0 Å². The van der Waals surface area contributed by atoms with E-state index < -0.39 is 0 Å². The van der Waals surface area contributed by atoms with Gasteiger partial charge in [0.05, 0.1) is 28.6 Å². The number of aromatic nitrogens is 4. The molecular weight excluding hydrogens is 380 g/mol. The Morgan fingerprint density at radius 2 is 2.00 bits per heavy atom. The van der Waals surface area contributed by atoms with Crippen molar-refractivity contribution < 1.29 is 0 Å². The summed E-state index contributed by atoms with van der Waals surface area (Å²) in [5.74, 6) is 0. The van der Waals surface area contributed by atoms with Crippen LogP contribution < -0.4 is 0 Å². The highest BCUT2D eigenvalue weighted by Gasteiger charge is 2.28. The summed E-state index contributed by atoms with van der Waals surface area (Å²) in [7, 11) is 2.20. The van der Waals surface area contributed by atoms with Crippen LogP contribution in [0.5, 0.6) is 0 Å². The number of imidazole rings is 1. The SMILES string of the molecule is Cc1ncsc1CN1CCN(C)C(c2cn3c(-c4ccncc4)cccc3n2)C1. The van der Waals surface area contributed by atoms with Crippen LogP contribution in [0.25, 0.3) is 16.9 Å². The first-order chi connectivity index (χ1) is 14.2. The number of rotatable bonds is 4. The lowest BCUT2D eigenvalue weighted by atomic mass is 10.1. The molecule has 1 atom stereocenters. The van der Waals surface area contributed by atoms with Gasteiger partial charge in [0.25, 0.3) is 0 Å². The zero-order valence-corrected chi connectivity index (χ0v) is 17.5. The Kier molecular flexibility index (Phi) is 4.87. The smallest absolute Gasteiger partial charge is 0.137 e. The molecule has 0 amide bonds. The first-order valence-electron chi connectivity index (χ1n) is 9.89. The van der Waals surface area contributed by atoms with Crippen LogP contribution in [0.1, 0.15) is 22.3 Å². The van der Waals surface area contributed by atoms with Gasteiger partial charge in [-0.05, 0) is 38.2 Å². The van der Waals surface area contributed by atoms with Gasteiger partial charge in [0, 0.05) is 55.2 Å². The van der Waals surface area contributed by atoms with Crippen molar-refractivity contribution in [3.8, 4) is 11.3 Å². The van der Waals surface area contributed by atoms with Gasteiger partial charge in [-0.2, -0.15) is 0 Å². The zero-order chi connectivity index (χ0) is 19.8. The molecule has 7 heteroatoms. The van der Waals surface area contributed by atoms with E-state index in [4.69, 9.17) is 4.98 Å². The van der Waals surface area contributed by atoms with Crippen molar-refractivity contribution in [2.24, 2.45) is 0 Å². The van der Waals surface area contributed by atoms with Crippen molar-refractivity contribution in [1.82, 2.24) is 29.2 Å². The van der Waals surface area contributed by atoms with E-state index in [0.29, 0.717) is 0 Å². The van der Waals surface area contributed by atoms with E-state index in [1.54, 1.807) is 11.3 Å². The number of nitrogens with zero attached hydrogens (tertiary/aromatic N) is 6. The van der Waals surface area contributed by atoms with Gasteiger partial charge in [0.1, 0.15) is 5.65 Å². The average Bonchev–Trinajstić information content (AvgIpc) is 3.36. The van der Waals surface area contributed by atoms with Crippen LogP contribution in [-0.4, -0.2) is 55.8 Å². The third-order valence-electron chi connectivity index (χ3n) is 5.77. The van der Waals surface area contributed by atoms with Gasteiger partial charge in [0.15, 0.2) is 0 Å². The minimum absolute atomic E-state index is 0.280. The van der Waals surface area contributed by atoms with E-state index in [9.17, 15) is 0 Å². The second-order valence-electron chi connectivity index (χ2n) is 7.63. The summed E-state index contributed by atoms with van der Waals surface area (Å²) in [6, 6.07) is 10.7. The number of piperazine rings is 1. The lowest BCUT2D eigenvalue weighted by molar-refractivity contribution is 0.0891. The standard InChI is InChI=1S/C22H24N6S/c1-16-21(29-15-24-16)14-27-11-10-26(2)20(13-27)18-12-28-19(4-3-5-22(28)25-18)17-6-8-23-9-7-17/h3-9,12,15,20H,10-11,13-14H2,1-2H3. The largest absolute Gasteiger partial charge is 0.299 e. The molecule has 5 rings (SSSR count). The molecule has 0 aromatic carbocycles. The van der Waals surface area contributed by atoms with Crippen LogP contribution in [0.15, 0.2) is 54.4 Å². The molecule has 6 nitrogen and oxygen atoms in total. The first kappa shape index (κ1) is 18.4. The second-order valence-corrected chi connectivity index (χ2v) is 8.57. The molecule has 1 fully saturated rings. The monoisotopic (exact) mass is 404 g/mol. The minimum Gasteiger partial charge on any atom is -0.299 e. The van der Waals surface area contributed by atoms with E-state index in [0.717, 1.165) is 54.5 Å². The summed E-state index contributed by atoms with van der Waals surface area (Å²) >= 11 is 1.75. The van der Waals surface area contributed by atoms with E-state index in [1.165, 1.54) is 4.88 Å². The molecule has 4 aromatic heterocycles. The molecular formula is C22H24N6S. The van der Waals surface area contributed by atoms with Crippen molar-refractivity contribution in [3.63, 3.8) is 0 Å². The van der Waals surface area contributed by atoms with Gasteiger partial charge in [-0.25, -0.2) is 9.97 Å². The lowest BCUT2D eigenvalue weighted by Crippen LogP contribution is -2.46. The Morgan fingerprint density at radius 1 is 1.14 bits per heavy atom. The van der Waals surface area contributed by atoms with E-state index >= 15 is 0 Å². The number of likely N-dealkylation sites (N-methyl/N-ethyl adjacent to an activating group) is 1. The fourth-order valence-corrected chi connectivity index (χ4v) is 4.84. The third kappa shape index (κ3) is 3.57. The summed E-state index contributed by atoms with van der Waals surface area (Å²) < 4.78 is 2.20. The molecule has 1 saturated heterocycles. The Hall–Kier alpha value is -2.61. The van der Waals surface area contributed by atoms with Gasteiger partial charge < -0.3 is 0 Å². The molecule has 1 aliphatic heterocycles. The molecule has 1 unspecified atom stereocenters. The highest BCUT2D eigenvalue weighted by atomic mass is 32.1. The summed E-state index contributed by atoms with van der Waals surface area (Å²) in [6.45, 7) is 6.15. The van der Waals surface area contributed by atoms with Crippen molar-refractivity contribution in [2.45, 2.75) is 19.5 Å². The number of hydrogen-bond acceptors (Lipinski definition) is 6. The van der Waals surface area contributed by atoms with Crippen molar-refractivity contribution in [1.29, 1.82) is 0 Å². The van der Waals surface area contributed by atoms with E-state index in [1.807, 2.05) is 30.0 Å². The number of hydrogen-bond donors (Lipinski definition) is 0. The topological polar surface area (TPSA) is 49.6 Å². The normalized spacial score (nSPS) is 18.5. The average molecular weight is 405 g/mol. The van der Waals surface area contributed by atoms with Gasteiger partial charge in [-0.15, -0.1) is 11.3 Å². The molecule has 0 spiro atoms. The molecule has 0 N–H and O–H groups in total. The Balaban J connectivity index is 1.45. The molecule has 0 aliphatic carbocycles. The van der Waals surface area contributed by atoms with E-state index in [-0.39, 0.29) is 6.04 Å². The van der Waals surface area contributed by atoms with Crippen LogP contribution in [0, 0.1) is 6.92 Å². The highest BCUT2D eigenvalue weighted by molar-refractivity contribution is 7.09. The Morgan fingerprint density at radius 3 is 2.79 bits per heavy atom. The molecule has 0 bridgehead atoms. The first-order valence-corrected chi connectivity index (χ1v) is 10.8. The predicted octanol–water partition coefficient (Wildman–Crippen LogP) is 3.65. The summed E-state index contributed by atoms with van der Waals surface area (Å²) in [5, 5.41) is 0. The lowest BCUT2D eigenvalue weighted by Gasteiger charge is -2.38. The Bertz CT molecular complexity index is 1120. The quantitative estimate of drug-likeness (QED) is 0.520. The summed E-state index contributed by atoms with van der Waals surface area (Å²) in [4.78, 5) is 19.8. The number of thiazole rings is 1. The molecule has 0 radical (unpaired) electrons. The van der Waals surface area contributed by atoms with Gasteiger partial charge in [-0.3, -0.25) is 19.2 Å². The summed E-state index contributed by atoms with van der Waals surface area (Å²) in [6.07, 6.45) is 5.87. The fourth-order valence-electron chi connectivity index (χ4n) is 4.02. The van der Waals surface area contributed by atoms with Crippen LogP contribution in [0.2, 0.25) is 0 Å². The molecule has 4 aromatic rings. The van der Waals surface area contributed by atoms with Crippen molar-refractivity contribution in [2.75, 3.05) is 26.7 Å². The maximum Gasteiger partial charge on any atom is 0.137 e. The van der Waals surface area contributed by atoms with Crippen LogP contribution in [0.4, 0.5) is 0 Å². The fraction of sp³-hybridized carbons (Fsp3) is 0.318. The second kappa shape index (κ2) is 7.67. The molecule has 148 valence electrons. The number of pyridine rings is 2. The van der Waals surface area contributed by atoms with Crippen LogP contribution in [-0.2, 0) is 6.54 Å². The molecule has 29 heavy (non-hydrogen) atoms. The number of fused-ring (bicyclic) bond motifs is 1. The van der Waals surface area contributed by atoms with Crippen molar-refractivity contribution in [3.05, 3.63) is 70.7 Å². The molecule has 5 heterocycles. The van der Waals surface area contributed by atoms with Crippen LogP contribution in [0.3, 0.4) is 0 Å². The maximum atomic E-state index is 4.99. The van der Waals surface area contributed by atoms with Gasteiger partial charge in [0.2, 0.25) is 0 Å². The maximum absolute atomic E-state index is 4.99. The third-order valence-corrected chi connectivity index (χ3v) is 6.69.